The SMILES string of the molecule is CN(C1CCS(=O)(=O)C1)C(CN)c1ccc(Cl)cc1Cl. The van der Waals surface area contributed by atoms with Crippen LogP contribution in [0.4, 0.5) is 0 Å². The van der Waals surface area contributed by atoms with Gasteiger partial charge in [-0.3, -0.25) is 4.90 Å². The van der Waals surface area contributed by atoms with Crippen molar-refractivity contribution < 1.29 is 8.42 Å². The van der Waals surface area contributed by atoms with Crippen molar-refractivity contribution in [2.45, 2.75) is 18.5 Å². The van der Waals surface area contributed by atoms with Crippen molar-refractivity contribution in [3.05, 3.63) is 33.8 Å². The van der Waals surface area contributed by atoms with Crippen LogP contribution in [0.3, 0.4) is 0 Å². The summed E-state index contributed by atoms with van der Waals surface area (Å²) in [6.07, 6.45) is 0.639. The van der Waals surface area contributed by atoms with Gasteiger partial charge in [0.25, 0.3) is 0 Å². The Morgan fingerprint density at radius 1 is 1.45 bits per heavy atom. The predicted molar refractivity (Wildman–Crippen MR) is 83.1 cm³/mol. The lowest BCUT2D eigenvalue weighted by Gasteiger charge is -2.32. The molecule has 0 aliphatic carbocycles. The molecule has 0 amide bonds. The Hall–Kier alpha value is -0.330. The van der Waals surface area contributed by atoms with E-state index in [9.17, 15) is 8.42 Å². The molecule has 1 fully saturated rings. The standard InChI is InChI=1S/C13H18Cl2N2O2S/c1-17(10-4-5-20(18,19)8-10)13(7-16)11-3-2-9(14)6-12(11)15/h2-3,6,10,13H,4-5,7-8,16H2,1H3. The van der Waals surface area contributed by atoms with Crippen molar-refractivity contribution >= 4 is 33.0 Å². The Balaban J connectivity index is 2.23. The molecule has 1 saturated heterocycles. The monoisotopic (exact) mass is 336 g/mol. The number of hydrogen-bond acceptors (Lipinski definition) is 4. The molecule has 0 saturated carbocycles. The van der Waals surface area contributed by atoms with Gasteiger partial charge < -0.3 is 5.73 Å². The maximum absolute atomic E-state index is 11.6. The molecule has 4 nitrogen and oxygen atoms in total. The third kappa shape index (κ3) is 3.46. The zero-order valence-corrected chi connectivity index (χ0v) is 13.5. The van der Waals surface area contributed by atoms with E-state index in [0.717, 1.165) is 5.56 Å². The van der Waals surface area contributed by atoms with E-state index in [1.165, 1.54) is 0 Å². The lowest BCUT2D eigenvalue weighted by Crippen LogP contribution is -2.39. The van der Waals surface area contributed by atoms with Crippen LogP contribution < -0.4 is 5.73 Å². The highest BCUT2D eigenvalue weighted by Crippen LogP contribution is 2.31. The Kier molecular flexibility index (Phi) is 4.97. The van der Waals surface area contributed by atoms with Crippen LogP contribution in [0, 0.1) is 0 Å². The predicted octanol–water partition coefficient (Wildman–Crippen LogP) is 2.11. The Labute approximate surface area is 129 Å². The number of rotatable bonds is 4. The lowest BCUT2D eigenvalue weighted by atomic mass is 10.0. The van der Waals surface area contributed by atoms with Gasteiger partial charge in [-0.15, -0.1) is 0 Å². The lowest BCUT2D eigenvalue weighted by molar-refractivity contribution is 0.192. The Morgan fingerprint density at radius 3 is 2.65 bits per heavy atom. The van der Waals surface area contributed by atoms with Crippen molar-refractivity contribution in [3.63, 3.8) is 0 Å². The topological polar surface area (TPSA) is 63.4 Å². The van der Waals surface area contributed by atoms with Crippen LogP contribution in [-0.2, 0) is 9.84 Å². The highest BCUT2D eigenvalue weighted by Gasteiger charge is 2.34. The molecule has 1 aromatic carbocycles. The molecule has 0 radical (unpaired) electrons. The number of sulfone groups is 1. The summed E-state index contributed by atoms with van der Waals surface area (Å²) in [7, 11) is -1.02. The fraction of sp³-hybridized carbons (Fsp3) is 0.538. The first kappa shape index (κ1) is 16.0. The van der Waals surface area contributed by atoms with E-state index in [1.54, 1.807) is 12.1 Å². The summed E-state index contributed by atoms with van der Waals surface area (Å²) in [5, 5.41) is 1.13. The summed E-state index contributed by atoms with van der Waals surface area (Å²) < 4.78 is 23.2. The normalized spacial score (nSPS) is 23.1. The molecule has 1 aliphatic rings. The molecule has 112 valence electrons. The highest BCUT2D eigenvalue weighted by atomic mass is 35.5. The molecule has 2 N–H and O–H groups in total. The zero-order chi connectivity index (χ0) is 14.9. The number of benzene rings is 1. The van der Waals surface area contributed by atoms with Gasteiger partial charge in [-0.25, -0.2) is 8.42 Å². The van der Waals surface area contributed by atoms with Gasteiger partial charge in [-0.2, -0.15) is 0 Å². The van der Waals surface area contributed by atoms with Crippen LogP contribution in [-0.4, -0.2) is 44.5 Å². The van der Waals surface area contributed by atoms with Crippen molar-refractivity contribution in [2.24, 2.45) is 5.73 Å². The molecule has 20 heavy (non-hydrogen) atoms. The summed E-state index contributed by atoms with van der Waals surface area (Å²) >= 11 is 12.1. The van der Waals surface area contributed by atoms with Crippen molar-refractivity contribution in [3.8, 4) is 0 Å². The van der Waals surface area contributed by atoms with Gasteiger partial charge in [-0.1, -0.05) is 29.3 Å². The highest BCUT2D eigenvalue weighted by molar-refractivity contribution is 7.91. The summed E-state index contributed by atoms with van der Waals surface area (Å²) in [6.45, 7) is 0.369. The van der Waals surface area contributed by atoms with Crippen molar-refractivity contribution in [1.82, 2.24) is 4.90 Å². The second-order valence-electron chi connectivity index (χ2n) is 5.14. The number of nitrogens with zero attached hydrogens (tertiary/aromatic N) is 1. The quantitative estimate of drug-likeness (QED) is 0.914. The number of hydrogen-bond donors (Lipinski definition) is 1. The molecule has 7 heteroatoms. The molecule has 2 unspecified atom stereocenters. The first-order valence-corrected chi connectivity index (χ1v) is 8.99. The fourth-order valence-electron chi connectivity index (χ4n) is 2.64. The maximum atomic E-state index is 11.6. The van der Waals surface area contributed by atoms with Crippen LogP contribution in [0.15, 0.2) is 18.2 Å². The minimum absolute atomic E-state index is 0.0136. The van der Waals surface area contributed by atoms with Crippen LogP contribution in [0.2, 0.25) is 10.0 Å². The van der Waals surface area contributed by atoms with Gasteiger partial charge in [0.2, 0.25) is 0 Å². The summed E-state index contributed by atoms with van der Waals surface area (Å²) in [6, 6.07) is 5.17. The average Bonchev–Trinajstić information content (AvgIpc) is 2.73. The molecule has 2 rings (SSSR count). The van der Waals surface area contributed by atoms with Crippen LogP contribution in [0.5, 0.6) is 0 Å². The van der Waals surface area contributed by atoms with Gasteiger partial charge in [0, 0.05) is 28.7 Å². The molecule has 1 aliphatic heterocycles. The molecule has 1 heterocycles. The second kappa shape index (κ2) is 6.20. The van der Waals surface area contributed by atoms with Gasteiger partial charge in [0.05, 0.1) is 11.5 Å². The Bertz CT molecular complexity index is 592. The van der Waals surface area contributed by atoms with Gasteiger partial charge >= 0.3 is 0 Å². The van der Waals surface area contributed by atoms with Gasteiger partial charge in [0.15, 0.2) is 9.84 Å². The van der Waals surface area contributed by atoms with E-state index in [2.05, 4.69) is 0 Å². The largest absolute Gasteiger partial charge is 0.329 e. The van der Waals surface area contributed by atoms with Crippen LogP contribution in [0.1, 0.15) is 18.0 Å². The molecule has 0 spiro atoms. The van der Waals surface area contributed by atoms with Gasteiger partial charge in [-0.05, 0) is 31.2 Å². The first-order chi connectivity index (χ1) is 9.34. The van der Waals surface area contributed by atoms with E-state index in [-0.39, 0.29) is 23.6 Å². The van der Waals surface area contributed by atoms with Crippen molar-refractivity contribution in [1.29, 1.82) is 0 Å². The summed E-state index contributed by atoms with van der Waals surface area (Å²) in [5.74, 6) is 0.429. The van der Waals surface area contributed by atoms with E-state index in [1.807, 2.05) is 18.0 Å². The molecular formula is C13H18Cl2N2O2S. The van der Waals surface area contributed by atoms with E-state index in [4.69, 9.17) is 28.9 Å². The molecule has 1 aromatic rings. The molecule has 2 atom stereocenters. The molecular weight excluding hydrogens is 319 g/mol. The minimum atomic E-state index is -2.92. The number of likely N-dealkylation sites (N-methyl/N-ethyl adjacent to an activating group) is 1. The smallest absolute Gasteiger partial charge is 0.151 e. The van der Waals surface area contributed by atoms with E-state index in [0.29, 0.717) is 23.0 Å². The molecule has 0 bridgehead atoms. The number of nitrogens with two attached hydrogens (primary N) is 1. The van der Waals surface area contributed by atoms with Crippen LogP contribution in [0.25, 0.3) is 0 Å². The second-order valence-corrected chi connectivity index (χ2v) is 8.21. The number of halogens is 2. The zero-order valence-electron chi connectivity index (χ0n) is 11.2. The average molecular weight is 337 g/mol. The van der Waals surface area contributed by atoms with Gasteiger partial charge in [0.1, 0.15) is 0 Å². The first-order valence-electron chi connectivity index (χ1n) is 6.41. The maximum Gasteiger partial charge on any atom is 0.151 e. The minimum Gasteiger partial charge on any atom is -0.329 e. The van der Waals surface area contributed by atoms with Crippen LogP contribution >= 0.6 is 23.2 Å². The third-order valence-electron chi connectivity index (χ3n) is 3.82. The Morgan fingerprint density at radius 2 is 2.15 bits per heavy atom. The summed E-state index contributed by atoms with van der Waals surface area (Å²) in [4.78, 5) is 2.01. The van der Waals surface area contributed by atoms with Crippen molar-refractivity contribution in [2.75, 3.05) is 25.1 Å². The fourth-order valence-corrected chi connectivity index (χ4v) is 4.96. The third-order valence-corrected chi connectivity index (χ3v) is 6.13. The van der Waals surface area contributed by atoms with E-state index >= 15 is 0 Å². The van der Waals surface area contributed by atoms with E-state index < -0.39 is 9.84 Å². The molecule has 0 aromatic heterocycles. The summed E-state index contributed by atoms with van der Waals surface area (Å²) in [5.41, 5.74) is 6.75.